The van der Waals surface area contributed by atoms with E-state index in [0.29, 0.717) is 0 Å². The number of methoxy groups -OCH3 is 1. The van der Waals surface area contributed by atoms with Gasteiger partial charge in [-0.3, -0.25) is 4.21 Å². The van der Waals surface area contributed by atoms with Crippen molar-refractivity contribution < 1.29 is 18.1 Å². The molecule has 25 heavy (non-hydrogen) atoms. The Morgan fingerprint density at radius 2 is 1.84 bits per heavy atom. The lowest BCUT2D eigenvalue weighted by molar-refractivity contribution is -0.230. The van der Waals surface area contributed by atoms with Crippen LogP contribution in [0.2, 0.25) is 0 Å². The predicted molar refractivity (Wildman–Crippen MR) is 107 cm³/mol. The molecule has 1 rings (SSSR count). The van der Waals surface area contributed by atoms with Crippen molar-refractivity contribution in [3.8, 4) is 0 Å². The summed E-state index contributed by atoms with van der Waals surface area (Å²) in [7, 11) is 0.935. The highest BCUT2D eigenvalue weighted by molar-refractivity contribution is 8.10. The molecule has 0 spiro atoms. The molecule has 0 saturated heterocycles. The van der Waals surface area contributed by atoms with E-state index < -0.39 is 16.6 Å². The van der Waals surface area contributed by atoms with Crippen LogP contribution in [0.15, 0.2) is 22.8 Å². The molecule has 3 atom stereocenters. The van der Waals surface area contributed by atoms with E-state index in [9.17, 15) is 4.21 Å². The lowest BCUT2D eigenvalue weighted by atomic mass is 10.1. The van der Waals surface area contributed by atoms with Crippen LogP contribution in [-0.2, 0) is 20.3 Å². The molecule has 6 heteroatoms. The van der Waals surface area contributed by atoms with Gasteiger partial charge < -0.3 is 13.9 Å². The molecule has 3 unspecified atom stereocenters. The average Bonchev–Trinajstić information content (AvgIpc) is 3.10. The van der Waals surface area contributed by atoms with Gasteiger partial charge in [-0.15, -0.1) is 11.8 Å². The Morgan fingerprint density at radius 1 is 1.20 bits per heavy atom. The number of furan rings is 1. The molecule has 0 saturated carbocycles. The first kappa shape index (κ1) is 22.7. The Hall–Kier alpha value is -0.300. The fraction of sp³-hybridized carbons (Fsp3) is 0.789. The number of hydrogen-bond donors (Lipinski definition) is 0. The fourth-order valence-corrected chi connectivity index (χ4v) is 4.70. The maximum absolute atomic E-state index is 11.5. The molecule has 0 N–H and O–H groups in total. The Morgan fingerprint density at radius 3 is 2.36 bits per heavy atom. The highest BCUT2D eigenvalue weighted by atomic mass is 32.2. The van der Waals surface area contributed by atoms with E-state index in [4.69, 9.17) is 13.9 Å². The first-order valence-corrected chi connectivity index (χ1v) is 11.9. The third-order valence-electron chi connectivity index (χ3n) is 4.32. The van der Waals surface area contributed by atoms with Gasteiger partial charge in [-0.25, -0.2) is 0 Å². The van der Waals surface area contributed by atoms with Crippen molar-refractivity contribution in [3.05, 3.63) is 24.2 Å². The Kier molecular flexibility index (Phi) is 11.1. The Labute approximate surface area is 159 Å². The molecule has 1 heterocycles. The van der Waals surface area contributed by atoms with Crippen LogP contribution in [0.5, 0.6) is 0 Å². The summed E-state index contributed by atoms with van der Waals surface area (Å²) in [5.41, 5.74) is 0. The zero-order valence-electron chi connectivity index (χ0n) is 16.3. The highest BCUT2D eigenvalue weighted by Crippen LogP contribution is 2.30. The molecule has 0 amide bonds. The van der Waals surface area contributed by atoms with E-state index in [1.165, 1.54) is 19.3 Å². The van der Waals surface area contributed by atoms with Crippen LogP contribution in [0.25, 0.3) is 0 Å². The lowest BCUT2D eigenvalue weighted by Crippen LogP contribution is -2.28. The SMILES string of the molecule is COC(C)(C)OC(CCCCCCCC(SC)S(C)=O)c1ccco1. The smallest absolute Gasteiger partial charge is 0.163 e. The Bertz CT molecular complexity index is 474. The third-order valence-corrected chi connectivity index (χ3v) is 7.45. The molecule has 0 aliphatic heterocycles. The quantitative estimate of drug-likeness (QED) is 0.309. The Balaban J connectivity index is 2.28. The van der Waals surface area contributed by atoms with E-state index in [1.807, 2.05) is 32.2 Å². The normalized spacial score (nSPS) is 15.9. The van der Waals surface area contributed by atoms with Crippen LogP contribution in [0.3, 0.4) is 0 Å². The summed E-state index contributed by atoms with van der Waals surface area (Å²) in [6.07, 6.45) is 13.3. The van der Waals surface area contributed by atoms with E-state index in [1.54, 1.807) is 31.4 Å². The maximum atomic E-state index is 11.5. The summed E-state index contributed by atoms with van der Waals surface area (Å²) in [6, 6.07) is 3.86. The van der Waals surface area contributed by atoms with Gasteiger partial charge in [0.05, 0.1) is 10.8 Å². The minimum absolute atomic E-state index is 0.0756. The van der Waals surface area contributed by atoms with Gasteiger partial charge in [-0.1, -0.05) is 32.1 Å². The lowest BCUT2D eigenvalue weighted by Gasteiger charge is -2.28. The van der Waals surface area contributed by atoms with Gasteiger partial charge in [-0.05, 0) is 45.1 Å². The summed E-state index contributed by atoms with van der Waals surface area (Å²) in [6.45, 7) is 3.84. The number of thioether (sulfide) groups is 1. The number of rotatable bonds is 14. The first-order valence-electron chi connectivity index (χ1n) is 9.01. The average molecular weight is 391 g/mol. The van der Waals surface area contributed by atoms with Crippen molar-refractivity contribution in [3.63, 3.8) is 0 Å². The topological polar surface area (TPSA) is 48.7 Å². The standard InChI is InChI=1S/C19H34O4S2/c1-19(2,21-3)23-17(16-13-11-15-22-16)12-9-7-6-8-10-14-18(24-4)25(5)20/h11,13,15,17-18H,6-10,12,14H2,1-5H3. The van der Waals surface area contributed by atoms with Gasteiger partial charge in [0, 0.05) is 24.2 Å². The van der Waals surface area contributed by atoms with Gasteiger partial charge in [0.15, 0.2) is 5.79 Å². The van der Waals surface area contributed by atoms with Crippen LogP contribution in [0, 0.1) is 0 Å². The van der Waals surface area contributed by atoms with Gasteiger partial charge >= 0.3 is 0 Å². The fourth-order valence-electron chi connectivity index (χ4n) is 2.71. The van der Waals surface area contributed by atoms with Gasteiger partial charge in [-0.2, -0.15) is 0 Å². The second-order valence-corrected chi connectivity index (χ2v) is 9.64. The van der Waals surface area contributed by atoms with Crippen LogP contribution >= 0.6 is 11.8 Å². The van der Waals surface area contributed by atoms with Gasteiger partial charge in [0.2, 0.25) is 0 Å². The predicted octanol–water partition coefficient (Wildman–Crippen LogP) is 5.52. The summed E-state index contributed by atoms with van der Waals surface area (Å²) in [4.78, 5) is 0. The van der Waals surface area contributed by atoms with E-state index in [0.717, 1.165) is 31.4 Å². The summed E-state index contributed by atoms with van der Waals surface area (Å²) >= 11 is 1.72. The van der Waals surface area contributed by atoms with Crippen molar-refractivity contribution >= 4 is 22.6 Å². The van der Waals surface area contributed by atoms with E-state index in [2.05, 4.69) is 0 Å². The summed E-state index contributed by atoms with van der Waals surface area (Å²) in [5.74, 6) is 0.235. The zero-order chi connectivity index (χ0) is 18.7. The molecular formula is C19H34O4S2. The molecule has 146 valence electrons. The van der Waals surface area contributed by atoms with Crippen LogP contribution < -0.4 is 0 Å². The number of ether oxygens (including phenoxy) is 2. The van der Waals surface area contributed by atoms with E-state index >= 15 is 0 Å². The van der Waals surface area contributed by atoms with Crippen LogP contribution in [0.4, 0.5) is 0 Å². The van der Waals surface area contributed by atoms with Gasteiger partial charge in [0.1, 0.15) is 11.9 Å². The first-order chi connectivity index (χ1) is 11.9. The molecule has 1 aromatic rings. The number of unbranched alkanes of at least 4 members (excludes halogenated alkanes) is 4. The van der Waals surface area contributed by atoms with Crippen molar-refractivity contribution in [1.82, 2.24) is 0 Å². The third kappa shape index (κ3) is 9.27. The van der Waals surface area contributed by atoms with Crippen LogP contribution in [0.1, 0.15) is 70.7 Å². The van der Waals surface area contributed by atoms with Crippen molar-refractivity contribution in [2.24, 2.45) is 0 Å². The zero-order valence-corrected chi connectivity index (χ0v) is 17.9. The minimum atomic E-state index is -0.722. The second-order valence-electron chi connectivity index (χ2n) is 6.73. The highest BCUT2D eigenvalue weighted by Gasteiger charge is 2.25. The summed E-state index contributed by atoms with van der Waals surface area (Å²) < 4.78 is 28.8. The minimum Gasteiger partial charge on any atom is -0.467 e. The van der Waals surface area contributed by atoms with Crippen molar-refractivity contribution in [2.75, 3.05) is 19.6 Å². The molecule has 0 radical (unpaired) electrons. The van der Waals surface area contributed by atoms with Crippen molar-refractivity contribution in [2.45, 2.75) is 75.3 Å². The molecule has 0 aliphatic carbocycles. The largest absolute Gasteiger partial charge is 0.467 e. The molecule has 0 aromatic carbocycles. The molecular weight excluding hydrogens is 356 g/mol. The molecule has 0 bridgehead atoms. The number of hydrogen-bond acceptors (Lipinski definition) is 5. The maximum Gasteiger partial charge on any atom is 0.163 e. The molecule has 0 aliphatic rings. The molecule has 4 nitrogen and oxygen atoms in total. The molecule has 1 aromatic heterocycles. The van der Waals surface area contributed by atoms with E-state index in [-0.39, 0.29) is 10.7 Å². The summed E-state index contributed by atoms with van der Waals surface area (Å²) in [5, 5.41) is 0. The van der Waals surface area contributed by atoms with Crippen molar-refractivity contribution in [1.29, 1.82) is 0 Å². The monoisotopic (exact) mass is 390 g/mol. The van der Waals surface area contributed by atoms with Crippen LogP contribution in [-0.4, -0.2) is 34.2 Å². The van der Waals surface area contributed by atoms with Gasteiger partial charge in [0.25, 0.3) is 0 Å². The second kappa shape index (κ2) is 12.2. The molecule has 0 fully saturated rings.